The molecule has 2 aliphatic rings. The molecule has 1 amide bonds. The highest BCUT2D eigenvalue weighted by Crippen LogP contribution is 2.24. The zero-order chi connectivity index (χ0) is 12.4. The van der Waals surface area contributed by atoms with Gasteiger partial charge >= 0.3 is 0 Å². The number of nitrogens with zero attached hydrogens (tertiary/aromatic N) is 1. The standard InChI is InChI=1S/C13H24N2O2/c1-4-5-12-13(16)15(10(3)14-12)8-11-6-7-17-9(11)2/h9-12,14H,4-8H2,1-3H3. The number of ether oxygens (including phenoxy) is 1. The third-order valence-corrected chi connectivity index (χ3v) is 4.03. The van der Waals surface area contributed by atoms with Crippen molar-refractivity contribution < 1.29 is 9.53 Å². The highest BCUT2D eigenvalue weighted by Gasteiger charge is 2.38. The van der Waals surface area contributed by atoms with E-state index >= 15 is 0 Å². The van der Waals surface area contributed by atoms with Gasteiger partial charge in [0.25, 0.3) is 0 Å². The number of carbonyl (C=O) groups excluding carboxylic acids is 1. The summed E-state index contributed by atoms with van der Waals surface area (Å²) in [5.74, 6) is 0.780. The third kappa shape index (κ3) is 2.63. The maximum atomic E-state index is 12.2. The highest BCUT2D eigenvalue weighted by molar-refractivity contribution is 5.84. The zero-order valence-electron chi connectivity index (χ0n) is 11.1. The van der Waals surface area contributed by atoms with Crippen LogP contribution in [0, 0.1) is 5.92 Å². The number of hydrogen-bond donors (Lipinski definition) is 1. The van der Waals surface area contributed by atoms with Crippen molar-refractivity contribution in [1.29, 1.82) is 0 Å². The van der Waals surface area contributed by atoms with Crippen LogP contribution in [-0.4, -0.2) is 42.3 Å². The molecular formula is C13H24N2O2. The molecule has 0 spiro atoms. The fourth-order valence-electron chi connectivity index (χ4n) is 2.86. The van der Waals surface area contributed by atoms with E-state index < -0.39 is 0 Å². The molecule has 0 aromatic carbocycles. The molecule has 0 aromatic heterocycles. The number of carbonyl (C=O) groups is 1. The lowest BCUT2D eigenvalue weighted by Gasteiger charge is -2.25. The van der Waals surface area contributed by atoms with E-state index in [1.54, 1.807) is 0 Å². The molecule has 0 radical (unpaired) electrons. The van der Waals surface area contributed by atoms with Gasteiger partial charge in [-0.2, -0.15) is 0 Å². The van der Waals surface area contributed by atoms with Crippen LogP contribution in [0.5, 0.6) is 0 Å². The second-order valence-electron chi connectivity index (χ2n) is 5.30. The molecule has 2 aliphatic heterocycles. The van der Waals surface area contributed by atoms with Gasteiger partial charge in [0, 0.05) is 19.1 Å². The SMILES string of the molecule is CCCC1NC(C)N(CC2CCOC2C)C1=O. The summed E-state index contributed by atoms with van der Waals surface area (Å²) in [4.78, 5) is 14.2. The Morgan fingerprint density at radius 3 is 2.82 bits per heavy atom. The summed E-state index contributed by atoms with van der Waals surface area (Å²) in [6.07, 6.45) is 3.53. The summed E-state index contributed by atoms with van der Waals surface area (Å²) in [7, 11) is 0. The second kappa shape index (κ2) is 5.36. The summed E-state index contributed by atoms with van der Waals surface area (Å²) in [6.45, 7) is 7.99. The van der Waals surface area contributed by atoms with Gasteiger partial charge in [0.05, 0.1) is 18.3 Å². The molecule has 0 bridgehead atoms. The van der Waals surface area contributed by atoms with Gasteiger partial charge in [-0.05, 0) is 26.7 Å². The minimum absolute atomic E-state index is 0.0348. The van der Waals surface area contributed by atoms with Gasteiger partial charge in [0.1, 0.15) is 0 Å². The van der Waals surface area contributed by atoms with Crippen molar-refractivity contribution in [3.8, 4) is 0 Å². The molecule has 0 aromatic rings. The fraction of sp³-hybridized carbons (Fsp3) is 0.923. The lowest BCUT2D eigenvalue weighted by atomic mass is 10.0. The number of amides is 1. The smallest absolute Gasteiger partial charge is 0.241 e. The Bertz CT molecular complexity index is 283. The number of rotatable bonds is 4. The van der Waals surface area contributed by atoms with Crippen LogP contribution < -0.4 is 5.32 Å². The van der Waals surface area contributed by atoms with Crippen LogP contribution >= 0.6 is 0 Å². The van der Waals surface area contributed by atoms with Crippen LogP contribution in [0.2, 0.25) is 0 Å². The number of nitrogens with one attached hydrogen (secondary N) is 1. The van der Waals surface area contributed by atoms with Crippen molar-refractivity contribution in [3.63, 3.8) is 0 Å². The van der Waals surface area contributed by atoms with Crippen LogP contribution in [0.3, 0.4) is 0 Å². The van der Waals surface area contributed by atoms with E-state index in [2.05, 4.69) is 26.1 Å². The van der Waals surface area contributed by atoms with Crippen LogP contribution in [0.4, 0.5) is 0 Å². The molecule has 4 heteroatoms. The molecule has 0 aliphatic carbocycles. The maximum absolute atomic E-state index is 12.2. The normalized spacial score (nSPS) is 38.1. The average Bonchev–Trinajstić information content (AvgIpc) is 2.79. The van der Waals surface area contributed by atoms with Crippen molar-refractivity contribution in [3.05, 3.63) is 0 Å². The van der Waals surface area contributed by atoms with Crippen LogP contribution in [0.15, 0.2) is 0 Å². The molecule has 2 saturated heterocycles. The summed E-state index contributed by atoms with van der Waals surface area (Å²) in [5.41, 5.74) is 0. The Morgan fingerprint density at radius 1 is 1.47 bits per heavy atom. The van der Waals surface area contributed by atoms with Gasteiger partial charge in [0.2, 0.25) is 5.91 Å². The first-order valence-corrected chi connectivity index (χ1v) is 6.81. The summed E-state index contributed by atoms with van der Waals surface area (Å²) >= 11 is 0. The predicted octanol–water partition coefficient (Wildman–Crippen LogP) is 1.36. The molecule has 4 unspecified atom stereocenters. The van der Waals surface area contributed by atoms with Crippen molar-refractivity contribution in [2.45, 2.75) is 58.3 Å². The van der Waals surface area contributed by atoms with E-state index in [0.29, 0.717) is 12.0 Å². The first-order valence-electron chi connectivity index (χ1n) is 6.81. The molecule has 0 saturated carbocycles. The monoisotopic (exact) mass is 240 g/mol. The minimum Gasteiger partial charge on any atom is -0.378 e. The lowest BCUT2D eigenvalue weighted by molar-refractivity contribution is -0.130. The van der Waals surface area contributed by atoms with Crippen molar-refractivity contribution in [1.82, 2.24) is 10.2 Å². The Labute approximate surface area is 104 Å². The van der Waals surface area contributed by atoms with Crippen LogP contribution in [0.1, 0.15) is 40.0 Å². The summed E-state index contributed by atoms with van der Waals surface area (Å²) < 4.78 is 5.56. The highest BCUT2D eigenvalue weighted by atomic mass is 16.5. The summed E-state index contributed by atoms with van der Waals surface area (Å²) in [6, 6.07) is 0.0348. The van der Waals surface area contributed by atoms with Crippen molar-refractivity contribution in [2.75, 3.05) is 13.2 Å². The van der Waals surface area contributed by atoms with E-state index in [1.165, 1.54) is 0 Å². The molecule has 4 nitrogen and oxygen atoms in total. The predicted molar refractivity (Wildman–Crippen MR) is 66.5 cm³/mol. The van der Waals surface area contributed by atoms with E-state index in [4.69, 9.17) is 4.74 Å². The zero-order valence-corrected chi connectivity index (χ0v) is 11.1. The molecule has 2 heterocycles. The molecule has 4 atom stereocenters. The van der Waals surface area contributed by atoms with E-state index in [-0.39, 0.29) is 18.1 Å². The van der Waals surface area contributed by atoms with Gasteiger partial charge < -0.3 is 9.64 Å². The minimum atomic E-state index is 0.0348. The quantitative estimate of drug-likeness (QED) is 0.806. The topological polar surface area (TPSA) is 41.6 Å². The second-order valence-corrected chi connectivity index (χ2v) is 5.30. The maximum Gasteiger partial charge on any atom is 0.241 e. The Hall–Kier alpha value is -0.610. The molecule has 98 valence electrons. The van der Waals surface area contributed by atoms with Crippen molar-refractivity contribution >= 4 is 5.91 Å². The van der Waals surface area contributed by atoms with Gasteiger partial charge in [-0.15, -0.1) is 0 Å². The van der Waals surface area contributed by atoms with E-state index in [0.717, 1.165) is 32.4 Å². The molecule has 1 N–H and O–H groups in total. The first-order chi connectivity index (χ1) is 8.13. The third-order valence-electron chi connectivity index (χ3n) is 4.03. The molecule has 2 rings (SSSR count). The number of hydrogen-bond acceptors (Lipinski definition) is 3. The van der Waals surface area contributed by atoms with E-state index in [1.807, 2.05) is 4.90 Å². The Morgan fingerprint density at radius 2 is 2.24 bits per heavy atom. The van der Waals surface area contributed by atoms with Gasteiger partial charge in [-0.25, -0.2) is 0 Å². The largest absolute Gasteiger partial charge is 0.378 e. The first kappa shape index (κ1) is 12.8. The van der Waals surface area contributed by atoms with Gasteiger partial charge in [0.15, 0.2) is 0 Å². The van der Waals surface area contributed by atoms with Crippen LogP contribution in [0.25, 0.3) is 0 Å². The van der Waals surface area contributed by atoms with Gasteiger partial charge in [-0.1, -0.05) is 13.3 Å². The molecular weight excluding hydrogens is 216 g/mol. The summed E-state index contributed by atoms with van der Waals surface area (Å²) in [5, 5.41) is 3.38. The van der Waals surface area contributed by atoms with Crippen LogP contribution in [-0.2, 0) is 9.53 Å². The molecule has 17 heavy (non-hydrogen) atoms. The van der Waals surface area contributed by atoms with Gasteiger partial charge in [-0.3, -0.25) is 10.1 Å². The average molecular weight is 240 g/mol. The van der Waals surface area contributed by atoms with E-state index in [9.17, 15) is 4.79 Å². The fourth-order valence-corrected chi connectivity index (χ4v) is 2.86. The Kier molecular flexibility index (Phi) is 4.05. The lowest BCUT2D eigenvalue weighted by Crippen LogP contribution is -2.39. The van der Waals surface area contributed by atoms with Crippen molar-refractivity contribution in [2.24, 2.45) is 5.92 Å². The molecule has 2 fully saturated rings. The Balaban J connectivity index is 1.94.